The largest absolute Gasteiger partial charge is 0.344 e. The number of hydrogen-bond acceptors (Lipinski definition) is 11. The van der Waals surface area contributed by atoms with Crippen LogP contribution in [0.25, 0.3) is 0 Å². The highest BCUT2D eigenvalue weighted by Gasteiger charge is 2.46. The smallest absolute Gasteiger partial charge is 0.326 e. The Bertz CT molecular complexity index is 1950. The average Bonchev–Trinajstić information content (AvgIpc) is 3.26. The van der Waals surface area contributed by atoms with E-state index in [1.165, 1.54) is 16.7 Å². The first-order chi connectivity index (χ1) is 21.2. The van der Waals surface area contributed by atoms with Crippen LogP contribution in [0.5, 0.6) is 0 Å². The first-order valence-electron chi connectivity index (χ1n) is 13.8. The van der Waals surface area contributed by atoms with E-state index in [1.54, 1.807) is 42.5 Å². The van der Waals surface area contributed by atoms with Crippen molar-refractivity contribution in [3.63, 3.8) is 0 Å². The monoisotopic (exact) mass is 719 g/mol. The van der Waals surface area contributed by atoms with E-state index in [1.807, 2.05) is 32.6 Å². The van der Waals surface area contributed by atoms with E-state index in [2.05, 4.69) is 9.37 Å². The van der Waals surface area contributed by atoms with Crippen molar-refractivity contribution in [2.24, 2.45) is 0 Å². The van der Waals surface area contributed by atoms with Crippen molar-refractivity contribution in [2.75, 3.05) is 23.1 Å². The average molecular weight is 720 g/mol. The first kappa shape index (κ1) is 36.2. The molecule has 0 amide bonds. The summed E-state index contributed by atoms with van der Waals surface area (Å²) in [6, 6.07) is 9.26. The molecule has 2 aromatic carbocycles. The van der Waals surface area contributed by atoms with Crippen molar-refractivity contribution >= 4 is 59.5 Å². The van der Waals surface area contributed by atoms with Crippen LogP contribution < -0.4 is 4.90 Å². The third-order valence-electron chi connectivity index (χ3n) is 8.02. The summed E-state index contributed by atoms with van der Waals surface area (Å²) in [7, 11) is -13.1. The normalized spacial score (nSPS) is 18.5. The molecule has 0 bridgehead atoms. The number of unbranched alkanes of at least 4 members (excludes halogenated alkanes) is 1. The molecule has 0 aliphatic carbocycles. The van der Waals surface area contributed by atoms with Crippen molar-refractivity contribution < 1.29 is 58.1 Å². The Balaban J connectivity index is 1.79. The summed E-state index contributed by atoms with van der Waals surface area (Å²) in [4.78, 5) is 2.18. The molecule has 2 aliphatic heterocycles. The molecule has 0 saturated heterocycles. The Labute approximate surface area is 272 Å². The molecule has 18 heteroatoms. The number of nitrogens with zero attached hydrogens (tertiary/aromatic N) is 2. The molecule has 2 aromatic rings. The van der Waals surface area contributed by atoms with Crippen LogP contribution in [0.2, 0.25) is 0 Å². The summed E-state index contributed by atoms with van der Waals surface area (Å²) >= 11 is 0.742. The minimum atomic E-state index is -4.50. The van der Waals surface area contributed by atoms with Crippen LogP contribution in [0.1, 0.15) is 51.7 Å². The molecule has 2 heterocycles. The van der Waals surface area contributed by atoms with Gasteiger partial charge in [0.05, 0.1) is 28.1 Å². The van der Waals surface area contributed by atoms with Crippen molar-refractivity contribution in [3.8, 4) is 0 Å². The quantitative estimate of drug-likeness (QED) is 0.0562. The fourth-order valence-electron chi connectivity index (χ4n) is 5.90. The van der Waals surface area contributed by atoms with Gasteiger partial charge in [-0.2, -0.15) is 29.8 Å². The fourth-order valence-corrected chi connectivity index (χ4v) is 7.98. The lowest BCUT2D eigenvalue weighted by Crippen LogP contribution is -2.29. The van der Waals surface area contributed by atoms with Crippen LogP contribution in [0.4, 0.5) is 11.4 Å². The van der Waals surface area contributed by atoms with Gasteiger partial charge in [0.15, 0.2) is 5.71 Å². The van der Waals surface area contributed by atoms with Crippen LogP contribution in [-0.4, -0.2) is 72.6 Å². The molecule has 0 atom stereocenters. The van der Waals surface area contributed by atoms with Crippen molar-refractivity contribution in [3.05, 3.63) is 71.5 Å². The van der Waals surface area contributed by atoms with Gasteiger partial charge in [-0.1, -0.05) is 25.0 Å². The van der Waals surface area contributed by atoms with Crippen molar-refractivity contribution in [1.82, 2.24) is 0 Å². The van der Waals surface area contributed by atoms with Gasteiger partial charge in [0, 0.05) is 45.9 Å². The molecule has 0 unspecified atom stereocenters. The lowest BCUT2D eigenvalue weighted by Gasteiger charge is -2.27. The number of rotatable bonds is 13. The lowest BCUT2D eigenvalue weighted by molar-refractivity contribution is -0.432. The van der Waals surface area contributed by atoms with E-state index < -0.39 is 52.8 Å². The molecular weight excluding hydrogens is 685 g/mol. The third-order valence-corrected chi connectivity index (χ3v) is 10.8. The number of hydrogen-bond donors (Lipinski definition) is 4. The Hall–Kier alpha value is -2.65. The van der Waals surface area contributed by atoms with E-state index in [0.717, 1.165) is 12.0 Å². The van der Waals surface area contributed by atoms with E-state index in [-0.39, 0.29) is 11.3 Å². The second-order valence-corrected chi connectivity index (χ2v) is 17.1. The standard InChI is InChI=1S/C28H34N2O12S4/c1-27(2)21-16-19(43-42-41-31)10-12-24(21)30(18-45(35,36)37)26(27)9-7-8-25-28(3,4)22-17-20(46(38,39)40)11-13-23(22)29(25)14-5-6-15-44(32,33)34/h7-13,16-17H,5-6,14-15,18H2,1-4H3,(H3-,31,32,33,34,35,36,37,38,39,40)/p+1. The van der Waals surface area contributed by atoms with Crippen molar-refractivity contribution in [1.29, 1.82) is 0 Å². The minimum absolute atomic E-state index is 0.169. The highest BCUT2D eigenvalue weighted by molar-refractivity contribution is 7.94. The van der Waals surface area contributed by atoms with Crippen LogP contribution >= 0.6 is 12.0 Å². The maximum absolute atomic E-state index is 12.1. The molecule has 0 radical (unpaired) electrons. The Morgan fingerprint density at radius 3 is 2.20 bits per heavy atom. The van der Waals surface area contributed by atoms with Crippen molar-refractivity contribution in [2.45, 2.75) is 61.2 Å². The Kier molecular flexibility index (Phi) is 10.3. The topological polar surface area (TPSA) is 208 Å². The molecule has 14 nitrogen and oxygen atoms in total. The van der Waals surface area contributed by atoms with Crippen LogP contribution in [0, 0.1) is 0 Å². The summed E-state index contributed by atoms with van der Waals surface area (Å²) < 4.78 is 105. The summed E-state index contributed by atoms with van der Waals surface area (Å²) in [5, 5.41) is 12.2. The summed E-state index contributed by atoms with van der Waals surface area (Å²) in [5.41, 5.74) is 2.14. The second kappa shape index (κ2) is 13.1. The maximum Gasteiger partial charge on any atom is 0.326 e. The van der Waals surface area contributed by atoms with Crippen LogP contribution in [-0.2, 0) is 50.6 Å². The zero-order chi connectivity index (χ0) is 34.3. The predicted molar refractivity (Wildman–Crippen MR) is 171 cm³/mol. The SMILES string of the molecule is CC1(C)C(/C=C/C=C2/N(CCCCS(=O)(=O)O)c3ccc(S(=O)(=O)O)cc3C2(C)C)=[N+](CS(=O)(=O)O)c2ccc(SOOO)cc21. The molecular formula is C28H35N2O12S4+. The number of anilines is 1. The lowest BCUT2D eigenvalue weighted by atomic mass is 9.81. The Morgan fingerprint density at radius 2 is 1.59 bits per heavy atom. The van der Waals surface area contributed by atoms with Gasteiger partial charge >= 0.3 is 10.1 Å². The molecule has 0 saturated carbocycles. The highest BCUT2D eigenvalue weighted by Crippen LogP contribution is 2.49. The minimum Gasteiger partial charge on any atom is -0.344 e. The third kappa shape index (κ3) is 7.89. The summed E-state index contributed by atoms with van der Waals surface area (Å²) in [5.74, 6) is -1.15. The van der Waals surface area contributed by atoms with Crippen LogP contribution in [0.15, 0.2) is 70.1 Å². The molecule has 4 N–H and O–H groups in total. The van der Waals surface area contributed by atoms with Gasteiger partial charge in [-0.05, 0) is 68.7 Å². The molecule has 46 heavy (non-hydrogen) atoms. The maximum atomic E-state index is 12.1. The van der Waals surface area contributed by atoms with Gasteiger partial charge in [-0.15, -0.1) is 4.33 Å². The van der Waals surface area contributed by atoms with Gasteiger partial charge in [0.2, 0.25) is 5.69 Å². The second-order valence-electron chi connectivity index (χ2n) is 11.9. The van der Waals surface area contributed by atoms with E-state index in [4.69, 9.17) is 9.81 Å². The predicted octanol–water partition coefficient (Wildman–Crippen LogP) is 4.49. The molecule has 0 fully saturated rings. The van der Waals surface area contributed by atoms with Crippen LogP contribution in [0.3, 0.4) is 0 Å². The Morgan fingerprint density at radius 1 is 0.891 bits per heavy atom. The van der Waals surface area contributed by atoms with Gasteiger partial charge < -0.3 is 4.90 Å². The van der Waals surface area contributed by atoms with Gasteiger partial charge in [0.1, 0.15) is 0 Å². The van der Waals surface area contributed by atoms with Gasteiger partial charge in [0.25, 0.3) is 26.1 Å². The zero-order valence-electron chi connectivity index (χ0n) is 25.3. The first-order valence-corrected chi connectivity index (χ1v) is 19.2. The van der Waals surface area contributed by atoms with Gasteiger partial charge in [-0.25, -0.2) is 5.26 Å². The summed E-state index contributed by atoms with van der Waals surface area (Å²) in [6.45, 7) is 7.78. The van der Waals surface area contributed by atoms with Gasteiger partial charge in [-0.3, -0.25) is 13.7 Å². The summed E-state index contributed by atoms with van der Waals surface area (Å²) in [6.07, 6.45) is 5.72. The highest BCUT2D eigenvalue weighted by atomic mass is 32.2. The number of fused-ring (bicyclic) bond motifs is 2. The molecule has 252 valence electrons. The fraction of sp³-hybridized carbons (Fsp3) is 0.393. The zero-order valence-corrected chi connectivity index (χ0v) is 28.6. The molecule has 4 rings (SSSR count). The number of allylic oxidation sites excluding steroid dienone is 4. The molecule has 0 aromatic heterocycles. The van der Waals surface area contributed by atoms with E-state index in [9.17, 15) is 34.4 Å². The molecule has 2 aliphatic rings. The van der Waals surface area contributed by atoms with E-state index >= 15 is 0 Å². The number of benzene rings is 2. The van der Waals surface area contributed by atoms with E-state index in [0.29, 0.717) is 51.8 Å². The molecule has 0 spiro atoms.